The van der Waals surface area contributed by atoms with Gasteiger partial charge in [0.15, 0.2) is 0 Å². The van der Waals surface area contributed by atoms with Gasteiger partial charge in [0.2, 0.25) is 0 Å². The first-order valence-electron chi connectivity index (χ1n) is 9.85. The van der Waals surface area contributed by atoms with E-state index in [1.165, 1.54) is 5.69 Å². The zero-order chi connectivity index (χ0) is 19.7. The molecular weight excluding hydrogens is 343 g/mol. The normalized spacial score (nSPS) is 22.0. The molecule has 0 aromatic heterocycles. The van der Waals surface area contributed by atoms with Crippen molar-refractivity contribution in [2.45, 2.75) is 64.7 Å². The molecule has 0 bridgehead atoms. The SMILES string of the molecule is CCOC(=O)NC1CCN(c2ccc(B3OC(C)(C)C(C)(C)O3)cc2)CC1. The van der Waals surface area contributed by atoms with Crippen molar-refractivity contribution in [2.24, 2.45) is 0 Å². The zero-order valence-corrected chi connectivity index (χ0v) is 17.1. The summed E-state index contributed by atoms with van der Waals surface area (Å²) in [6.07, 6.45) is 1.51. The summed E-state index contributed by atoms with van der Waals surface area (Å²) in [5.74, 6) is 0. The largest absolute Gasteiger partial charge is 0.494 e. The van der Waals surface area contributed by atoms with Crippen LogP contribution in [0.2, 0.25) is 0 Å². The first-order chi connectivity index (χ1) is 12.7. The van der Waals surface area contributed by atoms with E-state index in [2.05, 4.69) is 62.2 Å². The van der Waals surface area contributed by atoms with Crippen LogP contribution in [0.5, 0.6) is 0 Å². The summed E-state index contributed by atoms with van der Waals surface area (Å²) < 4.78 is 17.2. The summed E-state index contributed by atoms with van der Waals surface area (Å²) >= 11 is 0. The summed E-state index contributed by atoms with van der Waals surface area (Å²) in [4.78, 5) is 13.9. The molecule has 0 spiro atoms. The highest BCUT2D eigenvalue weighted by Crippen LogP contribution is 2.36. The Labute approximate surface area is 162 Å². The van der Waals surface area contributed by atoms with E-state index in [9.17, 15) is 4.79 Å². The Hall–Kier alpha value is -1.73. The van der Waals surface area contributed by atoms with Crippen molar-refractivity contribution >= 4 is 24.4 Å². The number of nitrogens with zero attached hydrogens (tertiary/aromatic N) is 1. The van der Waals surface area contributed by atoms with Gasteiger partial charge in [-0.3, -0.25) is 0 Å². The van der Waals surface area contributed by atoms with Crippen LogP contribution in [-0.2, 0) is 14.0 Å². The van der Waals surface area contributed by atoms with Crippen LogP contribution in [0.25, 0.3) is 0 Å². The lowest BCUT2D eigenvalue weighted by Gasteiger charge is -2.33. The third-order valence-electron chi connectivity index (χ3n) is 5.88. The van der Waals surface area contributed by atoms with E-state index in [1.54, 1.807) is 0 Å². The van der Waals surface area contributed by atoms with Crippen LogP contribution in [0.4, 0.5) is 10.5 Å². The molecule has 3 rings (SSSR count). The number of rotatable bonds is 4. The molecule has 1 amide bonds. The first kappa shape index (κ1) is 20.0. The minimum atomic E-state index is -0.330. The first-order valence-corrected chi connectivity index (χ1v) is 9.85. The van der Waals surface area contributed by atoms with Gasteiger partial charge in [0.1, 0.15) is 0 Å². The van der Waals surface area contributed by atoms with Gasteiger partial charge >= 0.3 is 13.2 Å². The van der Waals surface area contributed by atoms with E-state index in [0.717, 1.165) is 31.4 Å². The Bertz CT molecular complexity index is 638. The van der Waals surface area contributed by atoms with Gasteiger partial charge in [-0.1, -0.05) is 12.1 Å². The Balaban J connectivity index is 1.55. The molecule has 7 heteroatoms. The second-order valence-electron chi connectivity index (χ2n) is 8.31. The van der Waals surface area contributed by atoms with Crippen molar-refractivity contribution in [3.63, 3.8) is 0 Å². The molecule has 1 N–H and O–H groups in total. The molecule has 0 radical (unpaired) electrons. The van der Waals surface area contributed by atoms with Crippen molar-refractivity contribution in [3.05, 3.63) is 24.3 Å². The third-order valence-corrected chi connectivity index (χ3v) is 5.88. The van der Waals surface area contributed by atoms with Gasteiger partial charge in [-0.15, -0.1) is 0 Å². The van der Waals surface area contributed by atoms with Crippen LogP contribution in [0.1, 0.15) is 47.5 Å². The number of anilines is 1. The number of carbonyl (C=O) groups excluding carboxylic acids is 1. The minimum Gasteiger partial charge on any atom is -0.450 e. The fourth-order valence-corrected chi connectivity index (χ4v) is 3.44. The Morgan fingerprint density at radius 3 is 2.22 bits per heavy atom. The number of carbonyl (C=O) groups is 1. The molecule has 1 aromatic rings. The van der Waals surface area contributed by atoms with Gasteiger partial charge in [-0.25, -0.2) is 4.79 Å². The summed E-state index contributed by atoms with van der Waals surface area (Å²) in [7, 11) is -0.330. The maximum Gasteiger partial charge on any atom is 0.494 e. The molecule has 27 heavy (non-hydrogen) atoms. The maximum absolute atomic E-state index is 11.5. The molecule has 2 saturated heterocycles. The van der Waals surface area contributed by atoms with Gasteiger partial charge in [0.25, 0.3) is 0 Å². The highest BCUT2D eigenvalue weighted by molar-refractivity contribution is 6.62. The number of benzene rings is 1. The van der Waals surface area contributed by atoms with Crippen molar-refractivity contribution in [1.29, 1.82) is 0 Å². The molecule has 148 valence electrons. The summed E-state index contributed by atoms with van der Waals surface area (Å²) in [6.45, 7) is 12.3. The van der Waals surface area contributed by atoms with Crippen molar-refractivity contribution in [3.8, 4) is 0 Å². The van der Waals surface area contributed by atoms with Crippen LogP contribution in [0.3, 0.4) is 0 Å². The molecule has 0 unspecified atom stereocenters. The second-order valence-corrected chi connectivity index (χ2v) is 8.31. The van der Waals surface area contributed by atoms with Crippen LogP contribution >= 0.6 is 0 Å². The topological polar surface area (TPSA) is 60.0 Å². The lowest BCUT2D eigenvalue weighted by Crippen LogP contribution is -2.45. The number of amides is 1. The highest BCUT2D eigenvalue weighted by atomic mass is 16.7. The number of nitrogens with one attached hydrogen (secondary N) is 1. The fraction of sp³-hybridized carbons (Fsp3) is 0.650. The number of ether oxygens (including phenoxy) is 1. The molecular formula is C20H31BN2O4. The number of hydrogen-bond donors (Lipinski definition) is 1. The lowest BCUT2D eigenvalue weighted by molar-refractivity contribution is 0.00578. The molecule has 0 saturated carbocycles. The average Bonchev–Trinajstić information content (AvgIpc) is 2.84. The molecule has 0 atom stereocenters. The summed E-state index contributed by atoms with van der Waals surface area (Å²) in [5, 5.41) is 2.93. The Morgan fingerprint density at radius 2 is 1.70 bits per heavy atom. The number of hydrogen-bond acceptors (Lipinski definition) is 5. The van der Waals surface area contributed by atoms with E-state index in [-0.39, 0.29) is 30.5 Å². The van der Waals surface area contributed by atoms with Gasteiger partial charge in [0, 0.05) is 24.8 Å². The predicted molar refractivity (Wildman–Crippen MR) is 108 cm³/mol. The van der Waals surface area contributed by atoms with Crippen molar-refractivity contribution in [1.82, 2.24) is 5.32 Å². The van der Waals surface area contributed by atoms with Gasteiger partial charge < -0.3 is 24.3 Å². The maximum atomic E-state index is 11.5. The van der Waals surface area contributed by atoms with E-state index in [0.29, 0.717) is 6.61 Å². The lowest BCUT2D eigenvalue weighted by atomic mass is 9.79. The Morgan fingerprint density at radius 1 is 1.15 bits per heavy atom. The van der Waals surface area contributed by atoms with Crippen LogP contribution in [-0.4, -0.2) is 50.2 Å². The fourth-order valence-electron chi connectivity index (χ4n) is 3.44. The average molecular weight is 374 g/mol. The predicted octanol–water partition coefficient (Wildman–Crippen LogP) is 2.70. The van der Waals surface area contributed by atoms with E-state index in [1.807, 2.05) is 6.92 Å². The van der Waals surface area contributed by atoms with Crippen LogP contribution in [0, 0.1) is 0 Å². The van der Waals surface area contributed by atoms with Gasteiger partial charge in [0.05, 0.1) is 17.8 Å². The third kappa shape index (κ3) is 4.41. The molecule has 2 aliphatic heterocycles. The zero-order valence-electron chi connectivity index (χ0n) is 17.1. The van der Waals surface area contributed by atoms with Crippen LogP contribution in [0.15, 0.2) is 24.3 Å². The van der Waals surface area contributed by atoms with Gasteiger partial charge in [-0.05, 0) is 65.1 Å². The Kier molecular flexibility index (Phi) is 5.72. The quantitative estimate of drug-likeness (QED) is 0.822. The molecule has 2 aliphatic rings. The monoisotopic (exact) mass is 374 g/mol. The molecule has 2 heterocycles. The number of piperidine rings is 1. The smallest absolute Gasteiger partial charge is 0.450 e. The standard InChI is InChI=1S/C20H31BN2O4/c1-6-25-18(24)22-16-11-13-23(14-12-16)17-9-7-15(8-10-17)21-26-19(2,3)20(4,5)27-21/h7-10,16H,6,11-14H2,1-5H3,(H,22,24). The van der Waals surface area contributed by atoms with E-state index >= 15 is 0 Å². The van der Waals surface area contributed by atoms with Crippen molar-refractivity contribution < 1.29 is 18.8 Å². The van der Waals surface area contributed by atoms with E-state index < -0.39 is 0 Å². The summed E-state index contributed by atoms with van der Waals surface area (Å²) in [6, 6.07) is 8.60. The second kappa shape index (κ2) is 7.72. The molecule has 6 nitrogen and oxygen atoms in total. The number of alkyl carbamates (subject to hydrolysis) is 1. The van der Waals surface area contributed by atoms with Crippen molar-refractivity contribution in [2.75, 3.05) is 24.6 Å². The molecule has 1 aromatic carbocycles. The highest BCUT2D eigenvalue weighted by Gasteiger charge is 2.51. The molecule has 0 aliphatic carbocycles. The minimum absolute atomic E-state index is 0.185. The van der Waals surface area contributed by atoms with Crippen LogP contribution < -0.4 is 15.7 Å². The summed E-state index contributed by atoms with van der Waals surface area (Å²) in [5.41, 5.74) is 1.56. The van der Waals surface area contributed by atoms with E-state index in [4.69, 9.17) is 14.0 Å². The van der Waals surface area contributed by atoms with Gasteiger partial charge in [-0.2, -0.15) is 0 Å². The molecule has 2 fully saturated rings.